The van der Waals surface area contributed by atoms with E-state index in [9.17, 15) is 0 Å². The van der Waals surface area contributed by atoms with Crippen LogP contribution in [0.5, 0.6) is 0 Å². The quantitative estimate of drug-likeness (QED) is 0.192. The monoisotopic (exact) mass is 643 g/mol. The van der Waals surface area contributed by atoms with Crippen molar-refractivity contribution in [2.75, 3.05) is 0 Å². The molecule has 0 N–H and O–H groups in total. The Hall–Kier alpha value is -6.30. The minimum Gasteiger partial charge on any atom is -0.456 e. The van der Waals surface area contributed by atoms with Gasteiger partial charge in [-0.1, -0.05) is 103 Å². The predicted octanol–water partition coefficient (Wildman–Crippen LogP) is 12.3. The van der Waals surface area contributed by atoms with E-state index in [-0.39, 0.29) is 0 Å². The zero-order valence-corrected chi connectivity index (χ0v) is 26.9. The first-order valence-corrected chi connectivity index (χ1v) is 17.2. The van der Waals surface area contributed by atoms with Gasteiger partial charge >= 0.3 is 0 Å². The van der Waals surface area contributed by atoms with Crippen molar-refractivity contribution in [1.82, 2.24) is 14.5 Å². The summed E-state index contributed by atoms with van der Waals surface area (Å²) in [4.78, 5) is 10.6. The lowest BCUT2D eigenvalue weighted by atomic mass is 10.0. The van der Waals surface area contributed by atoms with Crippen LogP contribution in [0.25, 0.3) is 103 Å². The molecule has 7 aromatic carbocycles. The molecule has 11 aromatic rings. The lowest BCUT2D eigenvalue weighted by Gasteiger charge is -2.10. The van der Waals surface area contributed by atoms with Gasteiger partial charge in [-0.25, -0.2) is 9.97 Å². The molecular weight excluding hydrogens is 619 g/mol. The van der Waals surface area contributed by atoms with Gasteiger partial charge in [0.2, 0.25) is 0 Å². The molecule has 0 bridgehead atoms. The van der Waals surface area contributed by atoms with Gasteiger partial charge in [0.1, 0.15) is 11.2 Å². The fourth-order valence-corrected chi connectivity index (χ4v) is 8.73. The highest BCUT2D eigenvalue weighted by Crippen LogP contribution is 2.43. The summed E-state index contributed by atoms with van der Waals surface area (Å²) in [7, 11) is 0. The second-order valence-electron chi connectivity index (χ2n) is 12.6. The lowest BCUT2D eigenvalue weighted by molar-refractivity contribution is 0.669. The molecule has 5 heteroatoms. The molecule has 4 aromatic heterocycles. The van der Waals surface area contributed by atoms with Crippen LogP contribution in [0.15, 0.2) is 156 Å². The smallest absolute Gasteiger partial charge is 0.161 e. The summed E-state index contributed by atoms with van der Waals surface area (Å²) < 4.78 is 11.2. The Bertz CT molecular complexity index is 3110. The highest BCUT2D eigenvalue weighted by atomic mass is 32.1. The molecule has 0 saturated heterocycles. The molecule has 11 rings (SSSR count). The number of para-hydroxylation sites is 1. The van der Waals surface area contributed by atoms with Crippen molar-refractivity contribution in [3.05, 3.63) is 152 Å². The summed E-state index contributed by atoms with van der Waals surface area (Å²) in [6.45, 7) is 0. The summed E-state index contributed by atoms with van der Waals surface area (Å²) in [5, 5.41) is 8.14. The van der Waals surface area contributed by atoms with E-state index in [2.05, 4.69) is 138 Å². The van der Waals surface area contributed by atoms with Gasteiger partial charge in [-0.2, -0.15) is 0 Å². The van der Waals surface area contributed by atoms with Crippen molar-refractivity contribution in [3.63, 3.8) is 0 Å². The van der Waals surface area contributed by atoms with Crippen LogP contribution in [0.4, 0.5) is 0 Å². The highest BCUT2D eigenvalue weighted by Gasteiger charge is 2.21. The maximum Gasteiger partial charge on any atom is 0.161 e. The highest BCUT2D eigenvalue weighted by molar-refractivity contribution is 7.26. The molecule has 0 aliphatic rings. The van der Waals surface area contributed by atoms with Crippen LogP contribution in [0.3, 0.4) is 0 Å². The number of furan rings is 1. The van der Waals surface area contributed by atoms with Gasteiger partial charge in [0.15, 0.2) is 5.82 Å². The summed E-state index contributed by atoms with van der Waals surface area (Å²) in [6, 6.07) is 53.6. The van der Waals surface area contributed by atoms with Crippen LogP contribution in [-0.2, 0) is 0 Å². The van der Waals surface area contributed by atoms with E-state index in [4.69, 9.17) is 14.4 Å². The molecule has 0 unspecified atom stereocenters. The van der Waals surface area contributed by atoms with Crippen molar-refractivity contribution in [2.24, 2.45) is 0 Å². The lowest BCUT2D eigenvalue weighted by Crippen LogP contribution is -1.95. The maximum absolute atomic E-state index is 6.51. The average molecular weight is 644 g/mol. The largest absolute Gasteiger partial charge is 0.456 e. The number of thiophene rings is 1. The van der Waals surface area contributed by atoms with Crippen LogP contribution in [0, 0.1) is 0 Å². The second-order valence-corrected chi connectivity index (χ2v) is 13.6. The molecule has 0 aliphatic heterocycles. The minimum absolute atomic E-state index is 0.692. The third-order valence-electron chi connectivity index (χ3n) is 9.78. The topological polar surface area (TPSA) is 43.9 Å². The fraction of sp³-hybridized carbons (Fsp3) is 0. The van der Waals surface area contributed by atoms with Gasteiger partial charge in [-0.05, 0) is 59.3 Å². The van der Waals surface area contributed by atoms with Crippen molar-refractivity contribution in [2.45, 2.75) is 0 Å². The second kappa shape index (κ2) is 10.1. The van der Waals surface area contributed by atoms with E-state index in [1.54, 1.807) is 11.3 Å². The summed E-state index contributed by atoms with van der Waals surface area (Å²) in [5.74, 6) is 0.692. The number of hydrogen-bond acceptors (Lipinski definition) is 4. The van der Waals surface area contributed by atoms with E-state index in [1.807, 2.05) is 18.2 Å². The normalized spacial score (nSPS) is 12.1. The molecular formula is C44H25N3OS. The van der Waals surface area contributed by atoms with Gasteiger partial charge < -0.3 is 8.98 Å². The Morgan fingerprint density at radius 3 is 2.20 bits per heavy atom. The predicted molar refractivity (Wildman–Crippen MR) is 205 cm³/mol. The number of aromatic nitrogens is 3. The maximum atomic E-state index is 6.51. The average Bonchev–Trinajstić information content (AvgIpc) is 3.83. The molecule has 0 amide bonds. The first kappa shape index (κ1) is 26.7. The molecule has 4 heterocycles. The SMILES string of the molecule is c1ccc(-c2nc(-c3cccc4oc5ccc(-n6c7ccccc7c7cc8ccccc8cc76)cc5c34)nc3c2sc2ccccc23)cc1. The summed E-state index contributed by atoms with van der Waals surface area (Å²) >= 11 is 1.75. The van der Waals surface area contributed by atoms with E-state index in [0.717, 1.165) is 60.0 Å². The Kier molecular flexibility index (Phi) is 5.51. The third-order valence-corrected chi connectivity index (χ3v) is 11.0. The van der Waals surface area contributed by atoms with Gasteiger partial charge in [0, 0.05) is 48.4 Å². The van der Waals surface area contributed by atoms with Gasteiger partial charge in [-0.15, -0.1) is 11.3 Å². The van der Waals surface area contributed by atoms with Crippen LogP contribution >= 0.6 is 11.3 Å². The van der Waals surface area contributed by atoms with E-state index < -0.39 is 0 Å². The van der Waals surface area contributed by atoms with Gasteiger partial charge in [-0.3, -0.25) is 0 Å². The molecule has 49 heavy (non-hydrogen) atoms. The first-order valence-electron chi connectivity index (χ1n) is 16.4. The van der Waals surface area contributed by atoms with E-state index in [1.165, 1.54) is 37.3 Å². The molecule has 0 saturated carbocycles. The number of fused-ring (bicyclic) bond motifs is 10. The van der Waals surface area contributed by atoms with Gasteiger partial charge in [0.05, 0.1) is 26.9 Å². The van der Waals surface area contributed by atoms with Crippen LogP contribution in [0.1, 0.15) is 0 Å². The minimum atomic E-state index is 0.692. The van der Waals surface area contributed by atoms with Crippen molar-refractivity contribution in [1.29, 1.82) is 0 Å². The zero-order valence-electron chi connectivity index (χ0n) is 26.1. The first-order chi connectivity index (χ1) is 24.3. The zero-order chi connectivity index (χ0) is 32.1. The molecule has 0 radical (unpaired) electrons. The van der Waals surface area contributed by atoms with Gasteiger partial charge in [0.25, 0.3) is 0 Å². The number of rotatable bonds is 3. The fourth-order valence-electron chi connectivity index (χ4n) is 7.58. The molecule has 0 aliphatic carbocycles. The van der Waals surface area contributed by atoms with Crippen LogP contribution in [-0.4, -0.2) is 14.5 Å². The van der Waals surface area contributed by atoms with E-state index >= 15 is 0 Å². The van der Waals surface area contributed by atoms with Crippen molar-refractivity contribution >= 4 is 86.2 Å². The molecule has 0 spiro atoms. The third kappa shape index (κ3) is 3.91. The number of nitrogens with zero attached hydrogens (tertiary/aromatic N) is 3. The number of hydrogen-bond donors (Lipinski definition) is 0. The Morgan fingerprint density at radius 1 is 0.531 bits per heavy atom. The molecule has 4 nitrogen and oxygen atoms in total. The van der Waals surface area contributed by atoms with Crippen molar-refractivity contribution in [3.8, 4) is 28.3 Å². The molecule has 228 valence electrons. The Morgan fingerprint density at radius 2 is 1.31 bits per heavy atom. The summed E-state index contributed by atoms with van der Waals surface area (Å²) in [5.41, 5.74) is 9.04. The Balaban J connectivity index is 1.20. The molecule has 0 atom stereocenters. The molecule has 0 fully saturated rings. The van der Waals surface area contributed by atoms with Crippen LogP contribution in [0.2, 0.25) is 0 Å². The summed E-state index contributed by atoms with van der Waals surface area (Å²) in [6.07, 6.45) is 0. The van der Waals surface area contributed by atoms with Crippen molar-refractivity contribution < 1.29 is 4.42 Å². The van der Waals surface area contributed by atoms with E-state index in [0.29, 0.717) is 5.82 Å². The number of benzene rings is 7. The Labute approximate surface area is 284 Å². The standard InChI is InChI=1S/C44H25N3OS/c1-2-11-26(12-3-1)41-43-42(31-16-7-9-20-39(31)49-43)46-44(45-41)32-17-10-19-38-40(32)34-25-29(21-22-37(34)48-38)47-35-18-8-6-15-30(35)33-23-27-13-4-5-14-28(27)24-36(33)47/h1-25H. The van der Waals surface area contributed by atoms with Crippen LogP contribution < -0.4 is 0 Å².